The van der Waals surface area contributed by atoms with Gasteiger partial charge in [0.05, 0.1) is 0 Å². The standard InChI is InChI=1S/C16H16N4O5S/c1-7-4-10(18-25-7)19-3-2-8(13(19)21)5-9-6-26-15-11(17)14(22)20(15)12(9)16(23)24/h4-5,11,15H,2-3,6,17H2,1H3,(H,23,24)/b8-5+/t11-,15-/m1/s1. The van der Waals surface area contributed by atoms with E-state index in [4.69, 9.17) is 10.3 Å². The van der Waals surface area contributed by atoms with E-state index in [1.54, 1.807) is 19.1 Å². The Hall–Kier alpha value is -2.59. The number of aliphatic carboxylic acids is 1. The second-order valence-electron chi connectivity index (χ2n) is 6.29. The van der Waals surface area contributed by atoms with E-state index < -0.39 is 17.9 Å². The molecular weight excluding hydrogens is 360 g/mol. The lowest BCUT2D eigenvalue weighted by molar-refractivity contribution is -0.147. The van der Waals surface area contributed by atoms with Gasteiger partial charge in [0, 0.05) is 23.9 Å². The summed E-state index contributed by atoms with van der Waals surface area (Å²) in [5.41, 5.74) is 6.58. The minimum atomic E-state index is -1.20. The molecule has 2 saturated heterocycles. The van der Waals surface area contributed by atoms with Gasteiger partial charge < -0.3 is 15.4 Å². The van der Waals surface area contributed by atoms with Crippen molar-refractivity contribution in [1.29, 1.82) is 0 Å². The van der Waals surface area contributed by atoms with Crippen molar-refractivity contribution < 1.29 is 24.0 Å². The van der Waals surface area contributed by atoms with Gasteiger partial charge in [-0.3, -0.25) is 19.4 Å². The van der Waals surface area contributed by atoms with Crippen LogP contribution >= 0.6 is 11.8 Å². The van der Waals surface area contributed by atoms with E-state index >= 15 is 0 Å². The number of fused-ring (bicyclic) bond motifs is 1. The molecule has 0 aliphatic carbocycles. The summed E-state index contributed by atoms with van der Waals surface area (Å²) >= 11 is 1.40. The molecule has 10 heteroatoms. The first kappa shape index (κ1) is 16.9. The highest BCUT2D eigenvalue weighted by Crippen LogP contribution is 2.40. The van der Waals surface area contributed by atoms with Crippen LogP contribution in [0.5, 0.6) is 0 Å². The third kappa shape index (κ3) is 2.44. The number of amides is 2. The average molecular weight is 376 g/mol. The van der Waals surface area contributed by atoms with E-state index in [2.05, 4.69) is 5.16 Å². The fraction of sp³-hybridized carbons (Fsp3) is 0.375. The number of hydrogen-bond acceptors (Lipinski definition) is 7. The number of aryl methyl sites for hydroxylation is 1. The molecule has 0 aromatic carbocycles. The number of hydrogen-bond donors (Lipinski definition) is 2. The smallest absolute Gasteiger partial charge is 0.352 e. The summed E-state index contributed by atoms with van der Waals surface area (Å²) in [7, 11) is 0. The molecule has 2 amide bonds. The lowest BCUT2D eigenvalue weighted by Crippen LogP contribution is -2.68. The van der Waals surface area contributed by atoms with E-state index in [1.807, 2.05) is 0 Å². The van der Waals surface area contributed by atoms with Gasteiger partial charge in [0.15, 0.2) is 5.82 Å². The van der Waals surface area contributed by atoms with Gasteiger partial charge in [0.2, 0.25) is 5.91 Å². The number of carboxylic acid groups (broad SMARTS) is 1. The summed E-state index contributed by atoms with van der Waals surface area (Å²) in [4.78, 5) is 39.0. The first-order valence-electron chi connectivity index (χ1n) is 8.01. The van der Waals surface area contributed by atoms with Crippen LogP contribution in [-0.4, -0.2) is 56.7 Å². The van der Waals surface area contributed by atoms with Gasteiger partial charge in [0.25, 0.3) is 5.91 Å². The molecule has 4 heterocycles. The number of β-lactam (4-membered cyclic amide) rings is 1. The van der Waals surface area contributed by atoms with Crippen LogP contribution in [0, 0.1) is 6.92 Å². The predicted molar refractivity (Wildman–Crippen MR) is 92.0 cm³/mol. The fourth-order valence-corrected chi connectivity index (χ4v) is 4.56. The van der Waals surface area contributed by atoms with E-state index in [0.717, 1.165) is 0 Å². The second kappa shape index (κ2) is 5.99. The minimum Gasteiger partial charge on any atom is -0.477 e. The van der Waals surface area contributed by atoms with Crippen LogP contribution in [0.3, 0.4) is 0 Å². The maximum Gasteiger partial charge on any atom is 0.352 e. The van der Waals surface area contributed by atoms with Gasteiger partial charge >= 0.3 is 5.97 Å². The number of nitrogens with zero attached hydrogens (tertiary/aromatic N) is 3. The van der Waals surface area contributed by atoms with E-state index in [9.17, 15) is 19.5 Å². The summed E-state index contributed by atoms with van der Waals surface area (Å²) < 4.78 is 5.00. The van der Waals surface area contributed by atoms with Crippen molar-refractivity contribution in [2.24, 2.45) is 5.73 Å². The Morgan fingerprint density at radius 1 is 1.50 bits per heavy atom. The van der Waals surface area contributed by atoms with Crippen molar-refractivity contribution in [3.05, 3.63) is 34.7 Å². The molecular formula is C16H16N4O5S. The van der Waals surface area contributed by atoms with Crippen molar-refractivity contribution in [3.8, 4) is 0 Å². The number of allylic oxidation sites excluding steroid dienone is 1. The number of rotatable bonds is 3. The Labute approximate surface area is 152 Å². The molecule has 0 bridgehead atoms. The summed E-state index contributed by atoms with van der Waals surface area (Å²) in [6.07, 6.45) is 2.04. The molecule has 9 nitrogen and oxygen atoms in total. The van der Waals surface area contributed by atoms with Crippen molar-refractivity contribution in [2.75, 3.05) is 17.2 Å². The van der Waals surface area contributed by atoms with Crippen LogP contribution in [0.4, 0.5) is 5.82 Å². The Kier molecular flexibility index (Phi) is 3.88. The van der Waals surface area contributed by atoms with Gasteiger partial charge in [-0.25, -0.2) is 4.79 Å². The molecule has 3 N–H and O–H groups in total. The zero-order valence-corrected chi connectivity index (χ0v) is 14.7. The van der Waals surface area contributed by atoms with Crippen LogP contribution in [0.25, 0.3) is 0 Å². The largest absolute Gasteiger partial charge is 0.477 e. The van der Waals surface area contributed by atoms with E-state index in [-0.39, 0.29) is 17.0 Å². The second-order valence-corrected chi connectivity index (χ2v) is 7.39. The summed E-state index contributed by atoms with van der Waals surface area (Å²) in [5, 5.41) is 13.0. The Bertz CT molecular complexity index is 889. The normalized spacial score (nSPS) is 27.2. The molecule has 0 radical (unpaired) electrons. The highest BCUT2D eigenvalue weighted by molar-refractivity contribution is 8.00. The monoisotopic (exact) mass is 376 g/mol. The molecule has 2 atom stereocenters. The fourth-order valence-electron chi connectivity index (χ4n) is 3.31. The number of carbonyl (C=O) groups excluding carboxylic acids is 2. The van der Waals surface area contributed by atoms with Gasteiger partial charge in [0.1, 0.15) is 22.9 Å². The summed E-state index contributed by atoms with van der Waals surface area (Å²) in [5.74, 6) is -0.434. The molecule has 0 spiro atoms. The topological polar surface area (TPSA) is 130 Å². The maximum atomic E-state index is 12.6. The molecule has 3 aliphatic heterocycles. The van der Waals surface area contributed by atoms with Crippen LogP contribution in [-0.2, 0) is 14.4 Å². The molecule has 26 heavy (non-hydrogen) atoms. The number of anilines is 1. The lowest BCUT2D eigenvalue weighted by atomic mass is 10.0. The zero-order chi connectivity index (χ0) is 18.6. The van der Waals surface area contributed by atoms with Crippen LogP contribution in [0.15, 0.2) is 33.5 Å². The van der Waals surface area contributed by atoms with Crippen molar-refractivity contribution >= 4 is 35.4 Å². The number of nitrogens with two attached hydrogens (primary N) is 1. The zero-order valence-electron chi connectivity index (χ0n) is 13.8. The van der Waals surface area contributed by atoms with Crippen LogP contribution < -0.4 is 10.6 Å². The van der Waals surface area contributed by atoms with Crippen LogP contribution in [0.2, 0.25) is 0 Å². The predicted octanol–water partition coefficient (Wildman–Crippen LogP) is 0.227. The number of carboxylic acids is 1. The molecule has 4 rings (SSSR count). The summed E-state index contributed by atoms with van der Waals surface area (Å²) in [6.45, 7) is 2.18. The van der Waals surface area contributed by atoms with Gasteiger partial charge in [-0.05, 0) is 25.0 Å². The third-order valence-electron chi connectivity index (χ3n) is 4.61. The number of carbonyl (C=O) groups is 3. The Morgan fingerprint density at radius 2 is 2.27 bits per heavy atom. The third-order valence-corrected chi connectivity index (χ3v) is 5.93. The SMILES string of the molecule is Cc1cc(N2CC/C(=C\C3=C(C(=O)O)N4C(=O)[C@@H](N)[C@H]4SC3)C2=O)no1. The first-order valence-corrected chi connectivity index (χ1v) is 9.06. The van der Waals surface area contributed by atoms with Crippen molar-refractivity contribution in [2.45, 2.75) is 24.8 Å². The minimum absolute atomic E-state index is 0.0866. The van der Waals surface area contributed by atoms with Gasteiger partial charge in [-0.1, -0.05) is 5.16 Å². The molecule has 0 saturated carbocycles. The van der Waals surface area contributed by atoms with Gasteiger partial charge in [-0.2, -0.15) is 0 Å². The maximum absolute atomic E-state index is 12.6. The highest BCUT2D eigenvalue weighted by atomic mass is 32.2. The average Bonchev–Trinajstić information content (AvgIpc) is 3.19. The van der Waals surface area contributed by atoms with E-state index in [0.29, 0.717) is 41.4 Å². The van der Waals surface area contributed by atoms with Crippen molar-refractivity contribution in [3.63, 3.8) is 0 Å². The molecule has 136 valence electrons. The van der Waals surface area contributed by atoms with Crippen molar-refractivity contribution in [1.82, 2.24) is 10.1 Å². The molecule has 1 aromatic rings. The quantitative estimate of drug-likeness (QED) is 0.566. The Balaban J connectivity index is 1.65. The Morgan fingerprint density at radius 3 is 2.92 bits per heavy atom. The summed E-state index contributed by atoms with van der Waals surface area (Å²) in [6, 6.07) is 0.992. The highest BCUT2D eigenvalue weighted by Gasteiger charge is 2.51. The molecule has 3 aliphatic rings. The van der Waals surface area contributed by atoms with Gasteiger partial charge in [-0.15, -0.1) is 11.8 Å². The molecule has 1 aromatic heterocycles. The molecule has 2 fully saturated rings. The lowest BCUT2D eigenvalue weighted by Gasteiger charge is -2.47. The molecule has 0 unspecified atom stereocenters. The van der Waals surface area contributed by atoms with Crippen LogP contribution in [0.1, 0.15) is 12.2 Å². The number of aromatic nitrogens is 1. The van der Waals surface area contributed by atoms with E-state index in [1.165, 1.54) is 21.6 Å². The number of thioether (sulfide) groups is 1. The first-order chi connectivity index (χ1) is 12.4.